The normalized spacial score (nSPS) is 14.0. The van der Waals surface area contributed by atoms with Crippen molar-refractivity contribution < 1.29 is 42.1 Å². The van der Waals surface area contributed by atoms with Crippen LogP contribution in [0, 0.1) is 0 Å². The number of likely N-dealkylation sites (N-methyl/N-ethyl adjacent to an activating group) is 1. The van der Waals surface area contributed by atoms with E-state index in [1.54, 1.807) is 0 Å². The summed E-state index contributed by atoms with van der Waals surface area (Å²) in [6.07, 6.45) is 32.0. The largest absolute Gasteiger partial charge is 0.756 e. The summed E-state index contributed by atoms with van der Waals surface area (Å²) in [7, 11) is 1.15. The molecule has 0 amide bonds. The molecule has 9 nitrogen and oxygen atoms in total. The highest BCUT2D eigenvalue weighted by atomic mass is 31.2. The molecule has 0 saturated carbocycles. The molecule has 0 aliphatic rings. The molecule has 0 heterocycles. The third-order valence-corrected chi connectivity index (χ3v) is 9.16. The SMILES string of the molecule is CCCCC/C=C\CCCCCCCC(=O)OC[C@H](COP(=O)([O-])OCC[N+](C)(C)C)OC(=O)CCCCCCC/C=C\CCCCCC. The molecule has 1 unspecified atom stereocenters. The molecule has 0 aromatic carbocycles. The number of nitrogens with zero attached hydrogens (tertiary/aromatic N) is 1. The van der Waals surface area contributed by atoms with Crippen molar-refractivity contribution in [2.75, 3.05) is 47.5 Å². The van der Waals surface area contributed by atoms with E-state index in [1.807, 2.05) is 21.1 Å². The Morgan fingerprint density at radius 2 is 1.04 bits per heavy atom. The average molecular weight is 716 g/mol. The van der Waals surface area contributed by atoms with E-state index < -0.39 is 32.5 Å². The number of hydrogen-bond donors (Lipinski definition) is 0. The van der Waals surface area contributed by atoms with Crippen LogP contribution < -0.4 is 4.89 Å². The first-order valence-corrected chi connectivity index (χ1v) is 21.0. The number of carbonyl (C=O) groups excluding carboxylic acids is 2. The van der Waals surface area contributed by atoms with E-state index in [1.165, 1.54) is 57.8 Å². The van der Waals surface area contributed by atoms with Crippen molar-refractivity contribution in [3.8, 4) is 0 Å². The quantitative estimate of drug-likeness (QED) is 0.0210. The van der Waals surface area contributed by atoms with Crippen LogP contribution in [0.4, 0.5) is 0 Å². The summed E-state index contributed by atoms with van der Waals surface area (Å²) in [6.45, 7) is 4.15. The minimum Gasteiger partial charge on any atom is -0.756 e. The van der Waals surface area contributed by atoms with Gasteiger partial charge in [0, 0.05) is 12.8 Å². The smallest absolute Gasteiger partial charge is 0.306 e. The lowest BCUT2D eigenvalue weighted by Gasteiger charge is -2.28. The Bertz CT molecular complexity index is 902. The molecule has 0 aromatic rings. The lowest BCUT2D eigenvalue weighted by atomic mass is 10.1. The number of hydrogen-bond acceptors (Lipinski definition) is 8. The van der Waals surface area contributed by atoms with Crippen molar-refractivity contribution in [2.24, 2.45) is 0 Å². The maximum absolute atomic E-state index is 12.6. The zero-order valence-electron chi connectivity index (χ0n) is 32.1. The maximum atomic E-state index is 12.6. The van der Waals surface area contributed by atoms with Crippen LogP contribution in [0.25, 0.3) is 0 Å². The van der Waals surface area contributed by atoms with E-state index >= 15 is 0 Å². The summed E-state index contributed by atoms with van der Waals surface area (Å²) in [5, 5.41) is 0. The number of unbranched alkanes of at least 4 members (excludes halogenated alkanes) is 17. The van der Waals surface area contributed by atoms with Crippen molar-refractivity contribution in [1.29, 1.82) is 0 Å². The van der Waals surface area contributed by atoms with Gasteiger partial charge in [-0.2, -0.15) is 0 Å². The molecule has 0 aliphatic carbocycles. The van der Waals surface area contributed by atoms with Crippen LogP contribution in [-0.2, 0) is 32.7 Å². The van der Waals surface area contributed by atoms with E-state index in [4.69, 9.17) is 18.5 Å². The molecular formula is C39H74NO8P. The van der Waals surface area contributed by atoms with Crippen molar-refractivity contribution in [3.05, 3.63) is 24.3 Å². The molecule has 0 saturated heterocycles. The molecule has 0 spiro atoms. The molecule has 0 bridgehead atoms. The highest BCUT2D eigenvalue weighted by Gasteiger charge is 2.21. The fourth-order valence-electron chi connectivity index (χ4n) is 5.05. The second kappa shape index (κ2) is 32.4. The topological polar surface area (TPSA) is 111 Å². The van der Waals surface area contributed by atoms with Crippen LogP contribution in [0.5, 0.6) is 0 Å². The first-order valence-electron chi connectivity index (χ1n) is 19.5. The van der Waals surface area contributed by atoms with Crippen LogP contribution >= 0.6 is 7.82 Å². The second-order valence-corrected chi connectivity index (χ2v) is 15.7. The van der Waals surface area contributed by atoms with E-state index in [-0.39, 0.29) is 26.1 Å². The van der Waals surface area contributed by atoms with Crippen LogP contribution in [0.2, 0.25) is 0 Å². The van der Waals surface area contributed by atoms with Crippen molar-refractivity contribution in [1.82, 2.24) is 0 Å². The predicted octanol–water partition coefficient (Wildman–Crippen LogP) is 9.77. The van der Waals surface area contributed by atoms with Gasteiger partial charge in [-0.1, -0.05) is 109 Å². The van der Waals surface area contributed by atoms with Crippen molar-refractivity contribution in [2.45, 2.75) is 168 Å². The Morgan fingerprint density at radius 1 is 0.612 bits per heavy atom. The molecular weight excluding hydrogens is 641 g/mol. The summed E-state index contributed by atoms with van der Waals surface area (Å²) < 4.78 is 33.7. The standard InChI is InChI=1S/C39H74NO8P/c1-6-8-10-12-14-16-18-20-22-24-26-28-30-32-39(42)48-37(36-47-49(43,44)46-34-33-40(3,4)5)35-45-38(41)31-29-27-25-23-21-19-17-15-13-11-9-7-2/h15-18,37H,6-14,19-36H2,1-5H3/b17-15-,18-16-/t37-/m1/s1. The van der Waals surface area contributed by atoms with Gasteiger partial charge < -0.3 is 27.9 Å². The van der Waals surface area contributed by atoms with E-state index in [2.05, 4.69) is 38.2 Å². The van der Waals surface area contributed by atoms with Gasteiger partial charge >= 0.3 is 11.9 Å². The molecule has 0 radical (unpaired) electrons. The predicted molar refractivity (Wildman–Crippen MR) is 199 cm³/mol. The molecule has 49 heavy (non-hydrogen) atoms. The monoisotopic (exact) mass is 716 g/mol. The van der Waals surface area contributed by atoms with Gasteiger partial charge in [0.25, 0.3) is 7.82 Å². The Kier molecular flexibility index (Phi) is 31.4. The van der Waals surface area contributed by atoms with Gasteiger partial charge in [0.1, 0.15) is 19.8 Å². The summed E-state index contributed by atoms with van der Waals surface area (Å²) in [5.41, 5.74) is 0. The van der Waals surface area contributed by atoms with Crippen LogP contribution in [0.1, 0.15) is 162 Å². The molecule has 0 aromatic heterocycles. The van der Waals surface area contributed by atoms with Gasteiger partial charge in [0.05, 0.1) is 27.7 Å². The van der Waals surface area contributed by atoms with Gasteiger partial charge in [-0.05, 0) is 64.2 Å². The Morgan fingerprint density at radius 3 is 1.55 bits per heavy atom. The van der Waals surface area contributed by atoms with Crippen molar-refractivity contribution in [3.63, 3.8) is 0 Å². The molecule has 0 aliphatic heterocycles. The zero-order chi connectivity index (χ0) is 36.5. The maximum Gasteiger partial charge on any atom is 0.306 e. The first-order chi connectivity index (χ1) is 23.5. The third kappa shape index (κ3) is 36.1. The number of phosphoric ester groups is 1. The van der Waals surface area contributed by atoms with Crippen LogP contribution in [-0.4, -0.2) is 70.0 Å². The lowest BCUT2D eigenvalue weighted by molar-refractivity contribution is -0.870. The fraction of sp³-hybridized carbons (Fsp3) is 0.846. The number of carbonyl (C=O) groups is 2. The van der Waals surface area contributed by atoms with Crippen LogP contribution in [0.15, 0.2) is 24.3 Å². The summed E-state index contributed by atoms with van der Waals surface area (Å²) in [5.74, 6) is -0.856. The van der Waals surface area contributed by atoms with Gasteiger partial charge in [-0.3, -0.25) is 14.2 Å². The van der Waals surface area contributed by atoms with E-state index in [0.717, 1.165) is 70.6 Å². The molecule has 2 atom stereocenters. The number of ether oxygens (including phenoxy) is 2. The van der Waals surface area contributed by atoms with Crippen LogP contribution in [0.3, 0.4) is 0 Å². The van der Waals surface area contributed by atoms with Crippen molar-refractivity contribution >= 4 is 19.8 Å². The summed E-state index contributed by atoms with van der Waals surface area (Å²) in [6, 6.07) is 0. The molecule has 288 valence electrons. The second-order valence-electron chi connectivity index (χ2n) is 14.3. The molecule has 10 heteroatoms. The molecule has 0 rings (SSSR count). The zero-order valence-corrected chi connectivity index (χ0v) is 33.0. The number of phosphoric acid groups is 1. The highest BCUT2D eigenvalue weighted by molar-refractivity contribution is 7.45. The van der Waals surface area contributed by atoms with Gasteiger partial charge in [0.2, 0.25) is 0 Å². The number of allylic oxidation sites excluding steroid dienone is 4. The average Bonchev–Trinajstić information content (AvgIpc) is 3.04. The van der Waals surface area contributed by atoms with Gasteiger partial charge in [-0.15, -0.1) is 0 Å². The van der Waals surface area contributed by atoms with Gasteiger partial charge in [0.15, 0.2) is 6.10 Å². The number of esters is 2. The van der Waals surface area contributed by atoms with Gasteiger partial charge in [-0.25, -0.2) is 0 Å². The van der Waals surface area contributed by atoms with E-state index in [0.29, 0.717) is 17.4 Å². The van der Waals surface area contributed by atoms with E-state index in [9.17, 15) is 19.0 Å². The first kappa shape index (κ1) is 47.5. The fourth-order valence-corrected chi connectivity index (χ4v) is 5.78. The highest BCUT2D eigenvalue weighted by Crippen LogP contribution is 2.38. The summed E-state index contributed by atoms with van der Waals surface area (Å²) in [4.78, 5) is 37.3. The molecule has 0 fully saturated rings. The Balaban J connectivity index is 4.46. The Hall–Kier alpha value is -1.51. The minimum absolute atomic E-state index is 0.0329. The summed E-state index contributed by atoms with van der Waals surface area (Å²) >= 11 is 0. The molecule has 0 N–H and O–H groups in total. The minimum atomic E-state index is -4.62. The number of rotatable bonds is 35. The number of quaternary nitrogens is 1. The lowest BCUT2D eigenvalue weighted by Crippen LogP contribution is -2.37. The Labute approximate surface area is 300 Å². The third-order valence-electron chi connectivity index (χ3n) is 8.19.